The van der Waals surface area contributed by atoms with E-state index in [2.05, 4.69) is 17.1 Å². The third-order valence-corrected chi connectivity index (χ3v) is 9.09. The van der Waals surface area contributed by atoms with Gasteiger partial charge in [-0.15, -0.1) is 0 Å². The van der Waals surface area contributed by atoms with Crippen LogP contribution >= 0.6 is 0 Å². The maximum Gasteiger partial charge on any atom is 0.223 e. The molecule has 0 atom stereocenters. The Bertz CT molecular complexity index is 828. The molecule has 1 aliphatic carbocycles. The van der Waals surface area contributed by atoms with Crippen LogP contribution in [0.2, 0.25) is 0 Å². The number of benzene rings is 1. The minimum atomic E-state index is -3.30. The number of ether oxygens (including phenoxy) is 1. The van der Waals surface area contributed by atoms with Crippen LogP contribution in [0.3, 0.4) is 0 Å². The molecule has 8 heteroatoms. The molecule has 1 aromatic rings. The fraction of sp³-hybridized carbons (Fsp3) is 0.720. The van der Waals surface area contributed by atoms with Crippen molar-refractivity contribution in [1.29, 1.82) is 0 Å². The topological polar surface area (TPSA) is 79.0 Å². The molecular formula is C25H41N3O4S. The largest absolute Gasteiger partial charge is 0.497 e. The highest BCUT2D eigenvalue weighted by atomic mass is 32.2. The number of hydrogen-bond acceptors (Lipinski definition) is 5. The molecule has 2 fully saturated rings. The third kappa shape index (κ3) is 7.60. The van der Waals surface area contributed by atoms with E-state index in [1.54, 1.807) is 11.4 Å². The first kappa shape index (κ1) is 25.8. The number of amides is 1. The maximum atomic E-state index is 12.8. The van der Waals surface area contributed by atoms with Crippen LogP contribution in [0.4, 0.5) is 5.69 Å². The van der Waals surface area contributed by atoms with Gasteiger partial charge in [-0.2, -0.15) is 4.31 Å². The summed E-state index contributed by atoms with van der Waals surface area (Å²) in [5.74, 6) is 1.88. The Kier molecular flexibility index (Phi) is 9.86. The fourth-order valence-corrected chi connectivity index (χ4v) is 6.45. The fourth-order valence-electron chi connectivity index (χ4n) is 4.96. The lowest BCUT2D eigenvalue weighted by atomic mass is 9.79. The van der Waals surface area contributed by atoms with Crippen molar-refractivity contribution in [2.45, 2.75) is 58.3 Å². The number of carbonyl (C=O) groups is 1. The van der Waals surface area contributed by atoms with Crippen LogP contribution in [-0.2, 0) is 14.8 Å². The number of carbonyl (C=O) groups excluding carboxylic acids is 1. The standard InChI is InChI=1S/C25H41N3O4S/c1-3-4-6-21-7-9-22(10-8-21)25(29)26-15-5-20-33(30,31)28-18-16-27(17-19-28)23-11-13-24(32-2)14-12-23/h11-14,21-22H,3-10,15-20H2,1-2H3,(H,26,29). The Labute approximate surface area is 199 Å². The minimum absolute atomic E-state index is 0.0829. The molecule has 0 radical (unpaired) electrons. The third-order valence-electron chi connectivity index (χ3n) is 7.13. The second-order valence-corrected chi connectivity index (χ2v) is 11.5. The van der Waals surface area contributed by atoms with Gasteiger partial charge in [0.05, 0.1) is 12.9 Å². The summed E-state index contributed by atoms with van der Waals surface area (Å²) < 4.78 is 32.3. The van der Waals surface area contributed by atoms with Crippen molar-refractivity contribution in [3.8, 4) is 5.75 Å². The Morgan fingerprint density at radius 1 is 1.03 bits per heavy atom. The molecule has 2 aliphatic rings. The molecule has 1 saturated heterocycles. The molecule has 1 aromatic carbocycles. The second kappa shape index (κ2) is 12.6. The number of unbranched alkanes of at least 4 members (excludes halogenated alkanes) is 1. The van der Waals surface area contributed by atoms with E-state index in [9.17, 15) is 13.2 Å². The number of sulfonamides is 1. The molecule has 0 spiro atoms. The summed E-state index contributed by atoms with van der Waals surface area (Å²) in [4.78, 5) is 14.7. The zero-order valence-electron chi connectivity index (χ0n) is 20.3. The number of nitrogens with one attached hydrogen (secondary N) is 1. The minimum Gasteiger partial charge on any atom is -0.497 e. The molecular weight excluding hydrogens is 438 g/mol. The maximum absolute atomic E-state index is 12.8. The molecule has 0 unspecified atom stereocenters. The van der Waals surface area contributed by atoms with Gasteiger partial charge in [0.25, 0.3) is 0 Å². The van der Waals surface area contributed by atoms with Crippen LogP contribution in [0.25, 0.3) is 0 Å². The van der Waals surface area contributed by atoms with Gasteiger partial charge in [0.1, 0.15) is 5.75 Å². The summed E-state index contributed by atoms with van der Waals surface area (Å²) in [6, 6.07) is 7.85. The van der Waals surface area contributed by atoms with Gasteiger partial charge in [-0.3, -0.25) is 4.79 Å². The first-order chi connectivity index (χ1) is 15.9. The van der Waals surface area contributed by atoms with Crippen LogP contribution < -0.4 is 15.0 Å². The van der Waals surface area contributed by atoms with Gasteiger partial charge in [0.2, 0.25) is 15.9 Å². The molecule has 1 aliphatic heterocycles. The van der Waals surface area contributed by atoms with Gasteiger partial charge in [-0.25, -0.2) is 8.42 Å². The molecule has 7 nitrogen and oxygen atoms in total. The Morgan fingerprint density at radius 3 is 2.30 bits per heavy atom. The van der Waals surface area contributed by atoms with Crippen LogP contribution in [0, 0.1) is 11.8 Å². The highest BCUT2D eigenvalue weighted by Gasteiger charge is 2.28. The van der Waals surface area contributed by atoms with Crippen LogP contribution in [-0.4, -0.2) is 64.2 Å². The van der Waals surface area contributed by atoms with E-state index in [0.29, 0.717) is 39.1 Å². The molecule has 1 saturated carbocycles. The predicted octanol–water partition coefficient (Wildman–Crippen LogP) is 3.65. The number of piperazine rings is 1. The highest BCUT2D eigenvalue weighted by molar-refractivity contribution is 7.89. The van der Waals surface area contributed by atoms with Crippen LogP contribution in [0.1, 0.15) is 58.3 Å². The van der Waals surface area contributed by atoms with Gasteiger partial charge < -0.3 is 15.0 Å². The molecule has 1 heterocycles. The summed E-state index contributed by atoms with van der Waals surface area (Å²) >= 11 is 0. The van der Waals surface area contributed by atoms with E-state index >= 15 is 0 Å². The molecule has 1 N–H and O–H groups in total. The number of rotatable bonds is 11. The highest BCUT2D eigenvalue weighted by Crippen LogP contribution is 2.32. The molecule has 1 amide bonds. The second-order valence-electron chi connectivity index (χ2n) is 9.40. The van der Waals surface area contributed by atoms with E-state index in [1.165, 1.54) is 19.3 Å². The van der Waals surface area contributed by atoms with Crippen molar-refractivity contribution in [2.24, 2.45) is 11.8 Å². The normalized spacial score (nSPS) is 22.2. The van der Waals surface area contributed by atoms with Crippen molar-refractivity contribution < 1.29 is 17.9 Å². The molecule has 3 rings (SSSR count). The lowest BCUT2D eigenvalue weighted by molar-refractivity contribution is -0.126. The average molecular weight is 480 g/mol. The lowest BCUT2D eigenvalue weighted by Crippen LogP contribution is -2.49. The molecule has 0 aromatic heterocycles. The van der Waals surface area contributed by atoms with E-state index in [4.69, 9.17) is 4.74 Å². The van der Waals surface area contributed by atoms with Crippen molar-refractivity contribution in [2.75, 3.05) is 50.5 Å². The van der Waals surface area contributed by atoms with Crippen molar-refractivity contribution >= 4 is 21.6 Å². The Morgan fingerprint density at radius 2 is 1.70 bits per heavy atom. The predicted molar refractivity (Wildman–Crippen MR) is 133 cm³/mol. The Balaban J connectivity index is 1.34. The quantitative estimate of drug-likeness (QED) is 0.490. The summed E-state index contributed by atoms with van der Waals surface area (Å²) in [6.07, 6.45) is 8.50. The Hall–Kier alpha value is -1.80. The van der Waals surface area contributed by atoms with E-state index in [-0.39, 0.29) is 17.6 Å². The van der Waals surface area contributed by atoms with Gasteiger partial charge in [-0.05, 0) is 62.3 Å². The first-order valence-corrected chi connectivity index (χ1v) is 14.2. The van der Waals surface area contributed by atoms with Gasteiger partial charge in [-0.1, -0.05) is 26.2 Å². The summed E-state index contributed by atoms with van der Waals surface area (Å²) in [5, 5.41) is 2.98. The first-order valence-electron chi connectivity index (χ1n) is 12.6. The van der Waals surface area contributed by atoms with Crippen molar-refractivity contribution in [3.05, 3.63) is 24.3 Å². The number of nitrogens with zero attached hydrogens (tertiary/aromatic N) is 2. The monoisotopic (exact) mass is 479 g/mol. The van der Waals surface area contributed by atoms with Crippen molar-refractivity contribution in [3.63, 3.8) is 0 Å². The number of anilines is 1. The zero-order chi connectivity index (χ0) is 23.7. The summed E-state index contributed by atoms with van der Waals surface area (Å²) in [5.41, 5.74) is 1.08. The van der Waals surface area contributed by atoms with Crippen LogP contribution in [0.15, 0.2) is 24.3 Å². The smallest absolute Gasteiger partial charge is 0.223 e. The van der Waals surface area contributed by atoms with Gasteiger partial charge in [0.15, 0.2) is 0 Å². The lowest BCUT2D eigenvalue weighted by Gasteiger charge is -2.35. The summed E-state index contributed by atoms with van der Waals surface area (Å²) in [6.45, 7) is 4.97. The van der Waals surface area contributed by atoms with E-state index in [1.807, 2.05) is 24.3 Å². The van der Waals surface area contributed by atoms with Gasteiger partial charge >= 0.3 is 0 Å². The summed E-state index contributed by atoms with van der Waals surface area (Å²) in [7, 11) is -1.66. The zero-order valence-corrected chi connectivity index (χ0v) is 21.1. The SMILES string of the molecule is CCCCC1CCC(C(=O)NCCCS(=O)(=O)N2CCN(c3ccc(OC)cc3)CC2)CC1. The van der Waals surface area contributed by atoms with Gasteiger partial charge in [0, 0.05) is 44.3 Å². The number of methoxy groups -OCH3 is 1. The van der Waals surface area contributed by atoms with Crippen molar-refractivity contribution in [1.82, 2.24) is 9.62 Å². The van der Waals surface area contributed by atoms with E-state index < -0.39 is 10.0 Å². The van der Waals surface area contributed by atoms with E-state index in [0.717, 1.165) is 43.0 Å². The van der Waals surface area contributed by atoms with Crippen LogP contribution in [0.5, 0.6) is 5.75 Å². The molecule has 186 valence electrons. The molecule has 33 heavy (non-hydrogen) atoms. The number of hydrogen-bond donors (Lipinski definition) is 1. The molecule has 0 bridgehead atoms. The average Bonchev–Trinajstić information content (AvgIpc) is 2.85.